The van der Waals surface area contributed by atoms with E-state index in [0.717, 1.165) is 11.3 Å². The van der Waals surface area contributed by atoms with Crippen LogP contribution in [-0.2, 0) is 11.2 Å². The average molecular weight is 439 g/mol. The Kier molecular flexibility index (Phi) is 7.51. The van der Waals surface area contributed by atoms with E-state index in [1.165, 1.54) is 0 Å². The van der Waals surface area contributed by atoms with Crippen molar-refractivity contribution < 1.29 is 19.1 Å². The Morgan fingerprint density at radius 2 is 1.71 bits per heavy atom. The van der Waals surface area contributed by atoms with Crippen molar-refractivity contribution in [2.45, 2.75) is 13.3 Å². The number of halogens is 1. The van der Waals surface area contributed by atoms with Gasteiger partial charge < -0.3 is 20.1 Å². The van der Waals surface area contributed by atoms with E-state index in [-0.39, 0.29) is 22.9 Å². The number of hydrogen-bond donors (Lipinski definition) is 2. The number of anilines is 2. The van der Waals surface area contributed by atoms with Crippen molar-refractivity contribution in [1.29, 1.82) is 0 Å². The van der Waals surface area contributed by atoms with Crippen LogP contribution in [0.3, 0.4) is 0 Å². The van der Waals surface area contributed by atoms with Gasteiger partial charge in [-0.05, 0) is 55.0 Å². The zero-order valence-corrected chi connectivity index (χ0v) is 18.0. The molecule has 2 amide bonds. The molecule has 160 valence electrons. The summed E-state index contributed by atoms with van der Waals surface area (Å²) >= 11 is 6.24. The average Bonchev–Trinajstić information content (AvgIpc) is 2.77. The third kappa shape index (κ3) is 5.99. The molecule has 0 aliphatic carbocycles. The summed E-state index contributed by atoms with van der Waals surface area (Å²) < 4.78 is 10.7. The fourth-order valence-electron chi connectivity index (χ4n) is 2.95. The predicted molar refractivity (Wildman–Crippen MR) is 122 cm³/mol. The Morgan fingerprint density at radius 3 is 2.42 bits per heavy atom. The number of benzene rings is 3. The van der Waals surface area contributed by atoms with Gasteiger partial charge >= 0.3 is 0 Å². The first-order valence-corrected chi connectivity index (χ1v) is 10.1. The van der Waals surface area contributed by atoms with Crippen LogP contribution >= 0.6 is 11.6 Å². The lowest BCUT2D eigenvalue weighted by molar-refractivity contribution is -0.115. The van der Waals surface area contributed by atoms with Crippen LogP contribution in [0, 0.1) is 0 Å². The quantitative estimate of drug-likeness (QED) is 0.508. The summed E-state index contributed by atoms with van der Waals surface area (Å²) in [6.45, 7) is 2.34. The van der Waals surface area contributed by atoms with E-state index in [2.05, 4.69) is 10.6 Å². The highest BCUT2D eigenvalue weighted by atomic mass is 35.5. The number of hydrogen-bond acceptors (Lipinski definition) is 4. The van der Waals surface area contributed by atoms with Gasteiger partial charge in [-0.2, -0.15) is 0 Å². The van der Waals surface area contributed by atoms with Gasteiger partial charge in [0.05, 0.1) is 36.4 Å². The number of carbonyl (C=O) groups is 2. The highest BCUT2D eigenvalue weighted by molar-refractivity contribution is 6.34. The van der Waals surface area contributed by atoms with Gasteiger partial charge in [0.25, 0.3) is 5.91 Å². The second-order valence-corrected chi connectivity index (χ2v) is 7.06. The van der Waals surface area contributed by atoms with Gasteiger partial charge in [0, 0.05) is 5.69 Å². The first-order valence-electron chi connectivity index (χ1n) is 9.75. The second kappa shape index (κ2) is 10.5. The third-order valence-corrected chi connectivity index (χ3v) is 4.78. The zero-order valence-electron chi connectivity index (χ0n) is 17.3. The minimum atomic E-state index is -0.400. The predicted octanol–water partition coefficient (Wildman–Crippen LogP) is 5.18. The molecule has 0 unspecified atom stereocenters. The Balaban J connectivity index is 1.70. The number of amides is 2. The molecule has 6 nitrogen and oxygen atoms in total. The molecule has 31 heavy (non-hydrogen) atoms. The molecule has 0 aliphatic heterocycles. The standard InChI is InChI=1S/C24H23ClN2O4/c1-3-31-22-7-5-4-6-21(22)27-24(29)19-15-17(10-13-20(19)25)26-23(28)14-16-8-11-18(30-2)12-9-16/h4-13,15H,3,14H2,1-2H3,(H,26,28)(H,27,29). The van der Waals surface area contributed by atoms with E-state index in [9.17, 15) is 9.59 Å². The molecule has 0 bridgehead atoms. The number of para-hydroxylation sites is 2. The molecule has 0 radical (unpaired) electrons. The topological polar surface area (TPSA) is 76.7 Å². The highest BCUT2D eigenvalue weighted by Gasteiger charge is 2.15. The summed E-state index contributed by atoms with van der Waals surface area (Å²) in [4.78, 5) is 25.2. The largest absolute Gasteiger partial charge is 0.497 e. The summed E-state index contributed by atoms with van der Waals surface area (Å²) in [6, 6.07) is 19.2. The van der Waals surface area contributed by atoms with Crippen molar-refractivity contribution in [3.63, 3.8) is 0 Å². The molecular weight excluding hydrogens is 416 g/mol. The van der Waals surface area contributed by atoms with Crippen LogP contribution in [-0.4, -0.2) is 25.5 Å². The number of ether oxygens (including phenoxy) is 2. The zero-order chi connectivity index (χ0) is 22.2. The first-order chi connectivity index (χ1) is 15.0. The van der Waals surface area contributed by atoms with Crippen molar-refractivity contribution in [3.8, 4) is 11.5 Å². The van der Waals surface area contributed by atoms with E-state index >= 15 is 0 Å². The summed E-state index contributed by atoms with van der Waals surface area (Å²) in [7, 11) is 1.59. The molecule has 0 saturated carbocycles. The van der Waals surface area contributed by atoms with Crippen molar-refractivity contribution in [2.24, 2.45) is 0 Å². The van der Waals surface area contributed by atoms with E-state index in [1.807, 2.05) is 25.1 Å². The maximum atomic E-state index is 12.8. The lowest BCUT2D eigenvalue weighted by Crippen LogP contribution is -2.16. The Hall–Kier alpha value is -3.51. The van der Waals surface area contributed by atoms with E-state index in [1.54, 1.807) is 55.6 Å². The monoisotopic (exact) mass is 438 g/mol. The smallest absolute Gasteiger partial charge is 0.257 e. The maximum Gasteiger partial charge on any atom is 0.257 e. The molecule has 0 aromatic heterocycles. The molecule has 0 spiro atoms. The molecular formula is C24H23ClN2O4. The minimum absolute atomic E-state index is 0.190. The van der Waals surface area contributed by atoms with Crippen molar-refractivity contribution in [2.75, 3.05) is 24.4 Å². The normalized spacial score (nSPS) is 10.3. The number of carbonyl (C=O) groups excluding carboxylic acids is 2. The van der Waals surface area contributed by atoms with Crippen LogP contribution < -0.4 is 20.1 Å². The number of methoxy groups -OCH3 is 1. The van der Waals surface area contributed by atoms with Crippen molar-refractivity contribution in [1.82, 2.24) is 0 Å². The van der Waals surface area contributed by atoms with Gasteiger partial charge in [-0.3, -0.25) is 9.59 Å². The molecule has 3 rings (SSSR count). The summed E-state index contributed by atoms with van der Waals surface area (Å²) in [5.41, 5.74) is 2.11. The summed E-state index contributed by atoms with van der Waals surface area (Å²) in [5, 5.41) is 5.89. The first kappa shape index (κ1) is 22.2. The molecule has 7 heteroatoms. The highest BCUT2D eigenvalue weighted by Crippen LogP contribution is 2.27. The Labute approximate surface area is 186 Å². The number of nitrogens with one attached hydrogen (secondary N) is 2. The van der Waals surface area contributed by atoms with Crippen LogP contribution in [0.4, 0.5) is 11.4 Å². The Bertz CT molecular complexity index is 1070. The van der Waals surface area contributed by atoms with E-state index in [4.69, 9.17) is 21.1 Å². The van der Waals surface area contributed by atoms with E-state index in [0.29, 0.717) is 23.7 Å². The van der Waals surface area contributed by atoms with Crippen molar-refractivity contribution in [3.05, 3.63) is 82.9 Å². The molecule has 0 fully saturated rings. The SMILES string of the molecule is CCOc1ccccc1NC(=O)c1cc(NC(=O)Cc2ccc(OC)cc2)ccc1Cl. The fraction of sp³-hybridized carbons (Fsp3) is 0.167. The molecule has 0 saturated heterocycles. The van der Waals surface area contributed by atoms with Crippen LogP contribution in [0.25, 0.3) is 0 Å². The van der Waals surface area contributed by atoms with Crippen LogP contribution in [0.1, 0.15) is 22.8 Å². The molecule has 0 aliphatic rings. The summed E-state index contributed by atoms with van der Waals surface area (Å²) in [5.74, 6) is 0.686. The van der Waals surface area contributed by atoms with Crippen LogP contribution in [0.5, 0.6) is 11.5 Å². The summed E-state index contributed by atoms with van der Waals surface area (Å²) in [6.07, 6.45) is 0.190. The van der Waals surface area contributed by atoms with Gasteiger partial charge in [0.15, 0.2) is 0 Å². The minimum Gasteiger partial charge on any atom is -0.497 e. The van der Waals surface area contributed by atoms with Gasteiger partial charge in [-0.15, -0.1) is 0 Å². The van der Waals surface area contributed by atoms with Crippen LogP contribution in [0.2, 0.25) is 5.02 Å². The van der Waals surface area contributed by atoms with Crippen molar-refractivity contribution >= 4 is 34.8 Å². The third-order valence-electron chi connectivity index (χ3n) is 4.45. The van der Waals surface area contributed by atoms with Gasteiger partial charge in [-0.1, -0.05) is 35.9 Å². The molecule has 0 heterocycles. The molecule has 3 aromatic rings. The second-order valence-electron chi connectivity index (χ2n) is 6.65. The van der Waals surface area contributed by atoms with Gasteiger partial charge in [-0.25, -0.2) is 0 Å². The molecule has 2 N–H and O–H groups in total. The molecule has 0 atom stereocenters. The molecule has 3 aromatic carbocycles. The fourth-order valence-corrected chi connectivity index (χ4v) is 3.16. The maximum absolute atomic E-state index is 12.8. The van der Waals surface area contributed by atoms with Crippen LogP contribution in [0.15, 0.2) is 66.7 Å². The lowest BCUT2D eigenvalue weighted by atomic mass is 10.1. The lowest BCUT2D eigenvalue weighted by Gasteiger charge is -2.13. The van der Waals surface area contributed by atoms with E-state index < -0.39 is 5.91 Å². The number of rotatable bonds is 8. The van der Waals surface area contributed by atoms with Gasteiger partial charge in [0.1, 0.15) is 11.5 Å². The van der Waals surface area contributed by atoms with Gasteiger partial charge in [0.2, 0.25) is 5.91 Å². The Morgan fingerprint density at radius 1 is 0.968 bits per heavy atom.